The van der Waals surface area contributed by atoms with Crippen LogP contribution in [0.15, 0.2) is 18.2 Å². The Labute approximate surface area is 107 Å². The molecule has 0 saturated carbocycles. The molecule has 3 N–H and O–H groups in total. The standard InChI is InChI=1S/C11H17N3O3S/c1-9-8-10(2-3-11(9)15)13-18(16,17)14-6-4-12-5-7-14/h2-3,8,12-13,15H,4-7H2,1H3. The summed E-state index contributed by atoms with van der Waals surface area (Å²) in [6.45, 7) is 3.97. The molecule has 1 aromatic rings. The van der Waals surface area contributed by atoms with E-state index in [4.69, 9.17) is 0 Å². The van der Waals surface area contributed by atoms with Crippen molar-refractivity contribution in [3.63, 3.8) is 0 Å². The number of benzene rings is 1. The highest BCUT2D eigenvalue weighted by atomic mass is 32.2. The molecular formula is C11H17N3O3S. The van der Waals surface area contributed by atoms with Gasteiger partial charge < -0.3 is 10.4 Å². The first-order valence-corrected chi connectivity index (χ1v) is 7.21. The van der Waals surface area contributed by atoms with Gasteiger partial charge in [-0.15, -0.1) is 0 Å². The SMILES string of the molecule is Cc1cc(NS(=O)(=O)N2CCNCC2)ccc1O. The molecule has 1 aliphatic heterocycles. The number of phenols is 1. The van der Waals surface area contributed by atoms with Crippen LogP contribution in [-0.4, -0.2) is 44.0 Å². The molecule has 6 nitrogen and oxygen atoms in total. The Bertz CT molecular complexity index is 524. The summed E-state index contributed by atoms with van der Waals surface area (Å²) in [6, 6.07) is 4.63. The highest BCUT2D eigenvalue weighted by molar-refractivity contribution is 7.90. The van der Waals surface area contributed by atoms with Gasteiger partial charge >= 0.3 is 10.2 Å². The third kappa shape index (κ3) is 2.92. The predicted molar refractivity (Wildman–Crippen MR) is 69.8 cm³/mol. The summed E-state index contributed by atoms with van der Waals surface area (Å²) < 4.78 is 28.1. The predicted octanol–water partition coefficient (Wildman–Crippen LogP) is 0.263. The molecule has 0 bridgehead atoms. The average molecular weight is 271 g/mol. The van der Waals surface area contributed by atoms with Crippen molar-refractivity contribution < 1.29 is 13.5 Å². The summed E-state index contributed by atoms with van der Waals surface area (Å²) in [7, 11) is -3.50. The maximum absolute atomic E-state index is 12.1. The molecule has 1 aliphatic rings. The minimum Gasteiger partial charge on any atom is -0.508 e. The molecule has 0 radical (unpaired) electrons. The largest absolute Gasteiger partial charge is 0.508 e. The van der Waals surface area contributed by atoms with E-state index < -0.39 is 10.2 Å². The third-order valence-corrected chi connectivity index (χ3v) is 4.40. The van der Waals surface area contributed by atoms with Gasteiger partial charge in [0.25, 0.3) is 0 Å². The van der Waals surface area contributed by atoms with Gasteiger partial charge in [-0.05, 0) is 30.7 Å². The highest BCUT2D eigenvalue weighted by Gasteiger charge is 2.23. The number of anilines is 1. The number of aromatic hydroxyl groups is 1. The highest BCUT2D eigenvalue weighted by Crippen LogP contribution is 2.21. The number of piperazine rings is 1. The molecule has 1 saturated heterocycles. The van der Waals surface area contributed by atoms with Crippen LogP contribution in [0.1, 0.15) is 5.56 Å². The zero-order valence-corrected chi connectivity index (χ0v) is 11.0. The zero-order chi connectivity index (χ0) is 13.2. The number of hydrogen-bond acceptors (Lipinski definition) is 4. The minimum absolute atomic E-state index is 0.153. The van der Waals surface area contributed by atoms with Crippen molar-refractivity contribution in [2.75, 3.05) is 30.9 Å². The van der Waals surface area contributed by atoms with Crippen LogP contribution in [-0.2, 0) is 10.2 Å². The lowest BCUT2D eigenvalue weighted by atomic mass is 10.2. The van der Waals surface area contributed by atoms with E-state index in [0.29, 0.717) is 37.4 Å². The summed E-state index contributed by atoms with van der Waals surface area (Å²) >= 11 is 0. The first-order valence-electron chi connectivity index (χ1n) is 5.77. The smallest absolute Gasteiger partial charge is 0.301 e. The number of hydrogen-bond donors (Lipinski definition) is 3. The topological polar surface area (TPSA) is 81.7 Å². The Morgan fingerprint density at radius 2 is 2.00 bits per heavy atom. The Balaban J connectivity index is 2.13. The van der Waals surface area contributed by atoms with Gasteiger partial charge in [-0.3, -0.25) is 4.72 Å². The van der Waals surface area contributed by atoms with Gasteiger partial charge in [0, 0.05) is 26.2 Å². The van der Waals surface area contributed by atoms with Crippen LogP contribution in [0.3, 0.4) is 0 Å². The molecule has 1 fully saturated rings. The van der Waals surface area contributed by atoms with Crippen LogP contribution in [0.2, 0.25) is 0 Å². The monoisotopic (exact) mass is 271 g/mol. The molecule has 1 aromatic carbocycles. The van der Waals surface area contributed by atoms with Crippen LogP contribution < -0.4 is 10.0 Å². The summed E-state index contributed by atoms with van der Waals surface area (Å²) in [5, 5.41) is 12.5. The van der Waals surface area contributed by atoms with Gasteiger partial charge in [-0.2, -0.15) is 12.7 Å². The van der Waals surface area contributed by atoms with Crippen molar-refractivity contribution in [2.24, 2.45) is 0 Å². The molecule has 100 valence electrons. The fourth-order valence-electron chi connectivity index (χ4n) is 1.82. The van der Waals surface area contributed by atoms with Crippen LogP contribution in [0, 0.1) is 6.92 Å². The molecule has 18 heavy (non-hydrogen) atoms. The van der Waals surface area contributed by atoms with E-state index in [2.05, 4.69) is 10.0 Å². The number of nitrogens with one attached hydrogen (secondary N) is 2. The second-order valence-corrected chi connectivity index (χ2v) is 5.93. The Morgan fingerprint density at radius 3 is 2.61 bits per heavy atom. The number of rotatable bonds is 3. The average Bonchev–Trinajstić information content (AvgIpc) is 2.35. The second kappa shape index (κ2) is 5.13. The van der Waals surface area contributed by atoms with Crippen molar-refractivity contribution in [1.82, 2.24) is 9.62 Å². The second-order valence-electron chi connectivity index (χ2n) is 4.26. The molecule has 0 aliphatic carbocycles. The quantitative estimate of drug-likeness (QED) is 0.689. The number of phenolic OH excluding ortho intramolecular Hbond substituents is 1. The van der Waals surface area contributed by atoms with Crippen molar-refractivity contribution in [1.29, 1.82) is 0 Å². The molecule has 2 rings (SSSR count). The van der Waals surface area contributed by atoms with Crippen LogP contribution in [0.25, 0.3) is 0 Å². The summed E-state index contributed by atoms with van der Waals surface area (Å²) in [5.41, 5.74) is 1.10. The lowest BCUT2D eigenvalue weighted by Crippen LogP contribution is -2.48. The van der Waals surface area contributed by atoms with Gasteiger partial charge in [0.2, 0.25) is 0 Å². The summed E-state index contributed by atoms with van der Waals surface area (Å²) in [5.74, 6) is 0.153. The van der Waals surface area contributed by atoms with E-state index in [0.717, 1.165) is 0 Å². The molecule has 0 aromatic heterocycles. The first-order chi connectivity index (χ1) is 8.49. The van der Waals surface area contributed by atoms with E-state index >= 15 is 0 Å². The van der Waals surface area contributed by atoms with Gasteiger partial charge in [-0.1, -0.05) is 0 Å². The maximum atomic E-state index is 12.1. The molecular weight excluding hydrogens is 254 g/mol. The van der Waals surface area contributed by atoms with E-state index in [1.807, 2.05) is 0 Å². The van der Waals surface area contributed by atoms with E-state index in [1.54, 1.807) is 19.1 Å². The van der Waals surface area contributed by atoms with Crippen molar-refractivity contribution >= 4 is 15.9 Å². The fourth-order valence-corrected chi connectivity index (χ4v) is 3.03. The van der Waals surface area contributed by atoms with Gasteiger partial charge in [0.15, 0.2) is 0 Å². The summed E-state index contributed by atoms with van der Waals surface area (Å²) in [6.07, 6.45) is 0. The number of nitrogens with zero attached hydrogens (tertiary/aromatic N) is 1. The van der Waals surface area contributed by atoms with E-state index in [9.17, 15) is 13.5 Å². The van der Waals surface area contributed by atoms with Crippen LogP contribution in [0.4, 0.5) is 5.69 Å². The van der Waals surface area contributed by atoms with Gasteiger partial charge in [-0.25, -0.2) is 0 Å². The van der Waals surface area contributed by atoms with Gasteiger partial charge in [0.05, 0.1) is 5.69 Å². The molecule has 0 atom stereocenters. The zero-order valence-electron chi connectivity index (χ0n) is 10.2. The molecule has 0 amide bonds. The van der Waals surface area contributed by atoms with Crippen molar-refractivity contribution in [3.05, 3.63) is 23.8 Å². The summed E-state index contributed by atoms with van der Waals surface area (Å²) in [4.78, 5) is 0. The molecule has 7 heteroatoms. The van der Waals surface area contributed by atoms with E-state index in [1.165, 1.54) is 10.4 Å². The Hall–Kier alpha value is -1.31. The maximum Gasteiger partial charge on any atom is 0.301 e. The Morgan fingerprint density at radius 1 is 1.33 bits per heavy atom. The first kappa shape index (κ1) is 13.1. The van der Waals surface area contributed by atoms with E-state index in [-0.39, 0.29) is 5.75 Å². The minimum atomic E-state index is -3.50. The molecule has 0 spiro atoms. The van der Waals surface area contributed by atoms with Crippen LogP contribution >= 0.6 is 0 Å². The fraction of sp³-hybridized carbons (Fsp3) is 0.455. The van der Waals surface area contributed by atoms with Crippen molar-refractivity contribution in [2.45, 2.75) is 6.92 Å². The molecule has 0 unspecified atom stereocenters. The van der Waals surface area contributed by atoms with Gasteiger partial charge in [0.1, 0.15) is 5.75 Å². The molecule has 1 heterocycles. The lowest BCUT2D eigenvalue weighted by Gasteiger charge is -2.26. The van der Waals surface area contributed by atoms with Crippen molar-refractivity contribution in [3.8, 4) is 5.75 Å². The van der Waals surface area contributed by atoms with Crippen LogP contribution in [0.5, 0.6) is 5.75 Å². The Kier molecular flexibility index (Phi) is 3.74. The lowest BCUT2D eigenvalue weighted by molar-refractivity contribution is 0.362. The normalized spacial score (nSPS) is 17.6. The number of aryl methyl sites for hydroxylation is 1. The third-order valence-electron chi connectivity index (χ3n) is 2.86.